The van der Waals surface area contributed by atoms with Gasteiger partial charge in [-0.3, -0.25) is 4.79 Å². The molecule has 0 heterocycles. The monoisotopic (exact) mass is 235 g/mol. The van der Waals surface area contributed by atoms with Gasteiger partial charge in [0.1, 0.15) is 0 Å². The highest BCUT2D eigenvalue weighted by molar-refractivity contribution is 5.69. The van der Waals surface area contributed by atoms with Crippen LogP contribution >= 0.6 is 0 Å². The van der Waals surface area contributed by atoms with E-state index in [4.69, 9.17) is 4.74 Å². The Morgan fingerprint density at radius 1 is 1.29 bits per heavy atom. The predicted octanol–water partition coefficient (Wildman–Crippen LogP) is 3.08. The van der Waals surface area contributed by atoms with Crippen LogP contribution < -0.4 is 5.32 Å². The van der Waals surface area contributed by atoms with Gasteiger partial charge in [0.05, 0.1) is 6.61 Å². The Morgan fingerprint density at radius 3 is 2.65 bits per heavy atom. The molecular formula is C14H21NO2. The number of hydrogen-bond donors (Lipinski definition) is 1. The lowest BCUT2D eigenvalue weighted by Crippen LogP contribution is -2.11. The van der Waals surface area contributed by atoms with Gasteiger partial charge in [-0.25, -0.2) is 0 Å². The minimum Gasteiger partial charge on any atom is -0.465 e. The molecule has 0 bridgehead atoms. The maximum atomic E-state index is 11.3. The van der Waals surface area contributed by atoms with Crippen LogP contribution in [0.5, 0.6) is 0 Å². The fourth-order valence-electron chi connectivity index (χ4n) is 1.35. The minimum atomic E-state index is -0.103. The summed E-state index contributed by atoms with van der Waals surface area (Å²) in [6.07, 6.45) is 1.28. The molecule has 17 heavy (non-hydrogen) atoms. The van der Waals surface area contributed by atoms with Gasteiger partial charge in [0, 0.05) is 18.7 Å². The third-order valence-corrected chi connectivity index (χ3v) is 2.24. The Labute approximate surface area is 103 Å². The average molecular weight is 235 g/mol. The van der Waals surface area contributed by atoms with E-state index in [1.165, 1.54) is 0 Å². The van der Waals surface area contributed by atoms with Gasteiger partial charge in [-0.2, -0.15) is 0 Å². The van der Waals surface area contributed by atoms with E-state index in [1.54, 1.807) is 0 Å². The van der Waals surface area contributed by atoms with Gasteiger partial charge in [-0.05, 0) is 24.5 Å². The molecule has 3 heteroatoms. The summed E-state index contributed by atoms with van der Waals surface area (Å²) in [5, 5.41) is 3.26. The first-order chi connectivity index (χ1) is 8.18. The van der Waals surface area contributed by atoms with Crippen molar-refractivity contribution in [2.45, 2.75) is 26.7 Å². The minimum absolute atomic E-state index is 0.103. The quantitative estimate of drug-likeness (QED) is 0.583. The molecule has 0 aliphatic carbocycles. The summed E-state index contributed by atoms with van der Waals surface area (Å²) in [6, 6.07) is 9.97. The Kier molecular flexibility index (Phi) is 6.15. The number of para-hydroxylation sites is 1. The van der Waals surface area contributed by atoms with Crippen LogP contribution in [-0.2, 0) is 9.53 Å². The summed E-state index contributed by atoms with van der Waals surface area (Å²) in [7, 11) is 0. The van der Waals surface area contributed by atoms with Crippen molar-refractivity contribution >= 4 is 11.7 Å². The molecule has 94 valence electrons. The van der Waals surface area contributed by atoms with Gasteiger partial charge in [0.2, 0.25) is 0 Å². The molecule has 0 aliphatic heterocycles. The van der Waals surface area contributed by atoms with E-state index in [0.717, 1.165) is 18.7 Å². The fraction of sp³-hybridized carbons (Fsp3) is 0.500. The molecule has 0 aromatic heterocycles. The van der Waals surface area contributed by atoms with Crippen molar-refractivity contribution in [3.05, 3.63) is 30.3 Å². The van der Waals surface area contributed by atoms with E-state index in [0.29, 0.717) is 18.9 Å². The number of ether oxygens (including phenoxy) is 1. The lowest BCUT2D eigenvalue weighted by atomic mass is 10.2. The molecule has 0 atom stereocenters. The number of benzene rings is 1. The third-order valence-electron chi connectivity index (χ3n) is 2.24. The van der Waals surface area contributed by atoms with Crippen LogP contribution in [0.4, 0.5) is 5.69 Å². The number of carbonyl (C=O) groups excluding carboxylic acids is 1. The van der Waals surface area contributed by atoms with E-state index in [2.05, 4.69) is 5.32 Å². The molecule has 0 saturated heterocycles. The van der Waals surface area contributed by atoms with Crippen LogP contribution in [0.3, 0.4) is 0 Å². The van der Waals surface area contributed by atoms with Crippen LogP contribution in [0.25, 0.3) is 0 Å². The molecule has 0 radical (unpaired) electrons. The maximum absolute atomic E-state index is 11.3. The number of anilines is 1. The Hall–Kier alpha value is -1.51. The summed E-state index contributed by atoms with van der Waals surface area (Å²) in [6.45, 7) is 5.38. The molecule has 1 rings (SSSR count). The van der Waals surface area contributed by atoms with E-state index >= 15 is 0 Å². The van der Waals surface area contributed by atoms with Gasteiger partial charge >= 0.3 is 5.97 Å². The van der Waals surface area contributed by atoms with E-state index in [1.807, 2.05) is 44.2 Å². The summed E-state index contributed by atoms with van der Waals surface area (Å²) < 4.78 is 5.09. The van der Waals surface area contributed by atoms with Crippen LogP contribution in [-0.4, -0.2) is 19.1 Å². The first-order valence-corrected chi connectivity index (χ1v) is 6.13. The third kappa shape index (κ3) is 6.61. The average Bonchev–Trinajstić information content (AvgIpc) is 2.33. The molecule has 1 aromatic rings. The van der Waals surface area contributed by atoms with Gasteiger partial charge in [-0.15, -0.1) is 0 Å². The predicted molar refractivity (Wildman–Crippen MR) is 70.0 cm³/mol. The molecular weight excluding hydrogens is 214 g/mol. The standard InChI is InChI=1S/C14H21NO2/c1-12(2)11-17-14(16)9-6-10-15-13-7-4-3-5-8-13/h3-5,7-8,12,15H,6,9-11H2,1-2H3. The maximum Gasteiger partial charge on any atom is 0.305 e. The Bertz CT molecular complexity index is 322. The van der Waals surface area contributed by atoms with Crippen LogP contribution in [0, 0.1) is 5.92 Å². The first kappa shape index (κ1) is 13.6. The summed E-state index contributed by atoms with van der Waals surface area (Å²) in [4.78, 5) is 11.3. The number of hydrogen-bond acceptors (Lipinski definition) is 3. The number of nitrogens with one attached hydrogen (secondary N) is 1. The van der Waals surface area contributed by atoms with Crippen LogP contribution in [0.1, 0.15) is 26.7 Å². The van der Waals surface area contributed by atoms with Crippen molar-refractivity contribution in [3.63, 3.8) is 0 Å². The normalized spacial score (nSPS) is 10.3. The first-order valence-electron chi connectivity index (χ1n) is 6.13. The zero-order valence-corrected chi connectivity index (χ0v) is 10.6. The molecule has 0 aliphatic rings. The van der Waals surface area contributed by atoms with Crippen molar-refractivity contribution < 1.29 is 9.53 Å². The Morgan fingerprint density at radius 2 is 2.00 bits per heavy atom. The van der Waals surface area contributed by atoms with E-state index in [-0.39, 0.29) is 5.97 Å². The molecule has 0 saturated carbocycles. The highest BCUT2D eigenvalue weighted by Gasteiger charge is 2.03. The summed E-state index contributed by atoms with van der Waals surface area (Å²) >= 11 is 0. The second-order valence-electron chi connectivity index (χ2n) is 4.47. The molecule has 0 amide bonds. The second kappa shape index (κ2) is 7.71. The van der Waals surface area contributed by atoms with E-state index in [9.17, 15) is 4.79 Å². The topological polar surface area (TPSA) is 38.3 Å². The lowest BCUT2D eigenvalue weighted by Gasteiger charge is -2.08. The highest BCUT2D eigenvalue weighted by atomic mass is 16.5. The Balaban J connectivity index is 2.06. The van der Waals surface area contributed by atoms with Crippen molar-refractivity contribution in [1.29, 1.82) is 0 Å². The van der Waals surface area contributed by atoms with Crippen molar-refractivity contribution in [2.24, 2.45) is 5.92 Å². The van der Waals surface area contributed by atoms with Gasteiger partial charge in [0.15, 0.2) is 0 Å². The zero-order chi connectivity index (χ0) is 12.5. The molecule has 0 unspecified atom stereocenters. The zero-order valence-electron chi connectivity index (χ0n) is 10.6. The fourth-order valence-corrected chi connectivity index (χ4v) is 1.35. The highest BCUT2D eigenvalue weighted by Crippen LogP contribution is 2.05. The number of carbonyl (C=O) groups is 1. The van der Waals surface area contributed by atoms with Crippen LogP contribution in [0.2, 0.25) is 0 Å². The molecule has 1 N–H and O–H groups in total. The molecule has 1 aromatic carbocycles. The van der Waals surface area contributed by atoms with Crippen molar-refractivity contribution in [3.8, 4) is 0 Å². The molecule has 0 spiro atoms. The largest absolute Gasteiger partial charge is 0.465 e. The van der Waals surface area contributed by atoms with Crippen molar-refractivity contribution in [1.82, 2.24) is 0 Å². The number of rotatable bonds is 7. The SMILES string of the molecule is CC(C)COC(=O)CCCNc1ccccc1. The van der Waals surface area contributed by atoms with Crippen molar-refractivity contribution in [2.75, 3.05) is 18.5 Å². The van der Waals surface area contributed by atoms with E-state index < -0.39 is 0 Å². The smallest absolute Gasteiger partial charge is 0.305 e. The number of esters is 1. The summed E-state index contributed by atoms with van der Waals surface area (Å²) in [5.74, 6) is 0.301. The lowest BCUT2D eigenvalue weighted by molar-refractivity contribution is -0.144. The van der Waals surface area contributed by atoms with Gasteiger partial charge in [0.25, 0.3) is 0 Å². The van der Waals surface area contributed by atoms with Crippen LogP contribution in [0.15, 0.2) is 30.3 Å². The summed E-state index contributed by atoms with van der Waals surface area (Å²) in [5.41, 5.74) is 1.09. The second-order valence-corrected chi connectivity index (χ2v) is 4.47. The van der Waals surface area contributed by atoms with Gasteiger partial charge < -0.3 is 10.1 Å². The van der Waals surface area contributed by atoms with Gasteiger partial charge in [-0.1, -0.05) is 32.0 Å². The molecule has 3 nitrogen and oxygen atoms in total. The molecule has 0 fully saturated rings.